The summed E-state index contributed by atoms with van der Waals surface area (Å²) in [6.07, 6.45) is 0. The van der Waals surface area contributed by atoms with Gasteiger partial charge in [0.2, 0.25) is 0 Å². The number of hydrogen-bond donors (Lipinski definition) is 1. The smallest absolute Gasteiger partial charge is 0.259 e. The van der Waals surface area contributed by atoms with E-state index in [9.17, 15) is 4.79 Å². The maximum absolute atomic E-state index is 12.6. The molecule has 25 heavy (non-hydrogen) atoms. The first-order valence-electron chi connectivity index (χ1n) is 8.05. The lowest BCUT2D eigenvalue weighted by Crippen LogP contribution is -2.14. The summed E-state index contributed by atoms with van der Waals surface area (Å²) in [6.45, 7) is 4.76. The summed E-state index contributed by atoms with van der Waals surface area (Å²) in [7, 11) is 3.10. The Labute approximate surface area is 147 Å². The van der Waals surface area contributed by atoms with Crippen molar-refractivity contribution in [3.8, 4) is 23.0 Å². The highest BCUT2D eigenvalue weighted by molar-refractivity contribution is 6.06. The van der Waals surface area contributed by atoms with E-state index in [1.807, 2.05) is 13.8 Å². The first-order valence-corrected chi connectivity index (χ1v) is 8.05. The zero-order valence-corrected chi connectivity index (χ0v) is 14.9. The van der Waals surface area contributed by atoms with Gasteiger partial charge in [0, 0.05) is 17.8 Å². The van der Waals surface area contributed by atoms with Crippen molar-refractivity contribution in [2.75, 3.05) is 32.8 Å². The maximum atomic E-state index is 12.6. The number of methoxy groups -OCH3 is 2. The molecule has 1 N–H and O–H groups in total. The van der Waals surface area contributed by atoms with Crippen LogP contribution < -0.4 is 24.3 Å². The SMILES string of the molecule is CCOc1ccc(C(=O)Nc2ccc(OC)c(OC)c2)c(OCC)c1. The Morgan fingerprint density at radius 3 is 2.24 bits per heavy atom. The third kappa shape index (κ3) is 4.56. The van der Waals surface area contributed by atoms with Gasteiger partial charge in [-0.25, -0.2) is 0 Å². The number of anilines is 1. The number of benzene rings is 2. The first-order chi connectivity index (χ1) is 12.1. The molecule has 0 spiro atoms. The lowest BCUT2D eigenvalue weighted by atomic mass is 10.1. The van der Waals surface area contributed by atoms with Gasteiger partial charge in [0.15, 0.2) is 11.5 Å². The van der Waals surface area contributed by atoms with E-state index >= 15 is 0 Å². The molecule has 0 heterocycles. The molecule has 1 amide bonds. The molecule has 0 radical (unpaired) electrons. The van der Waals surface area contributed by atoms with Gasteiger partial charge in [0.25, 0.3) is 5.91 Å². The number of ether oxygens (including phenoxy) is 4. The van der Waals surface area contributed by atoms with Crippen LogP contribution in [0.2, 0.25) is 0 Å². The minimum atomic E-state index is -0.279. The van der Waals surface area contributed by atoms with Gasteiger partial charge in [-0.15, -0.1) is 0 Å². The molecule has 2 aromatic rings. The zero-order valence-electron chi connectivity index (χ0n) is 14.9. The summed E-state index contributed by atoms with van der Waals surface area (Å²) >= 11 is 0. The molecule has 0 atom stereocenters. The monoisotopic (exact) mass is 345 g/mol. The van der Waals surface area contributed by atoms with Crippen LogP contribution in [0.5, 0.6) is 23.0 Å². The molecule has 0 aliphatic rings. The van der Waals surface area contributed by atoms with E-state index in [1.54, 1.807) is 50.6 Å². The average molecular weight is 345 g/mol. The average Bonchev–Trinajstić information content (AvgIpc) is 2.62. The van der Waals surface area contributed by atoms with E-state index in [1.165, 1.54) is 0 Å². The van der Waals surface area contributed by atoms with E-state index in [4.69, 9.17) is 18.9 Å². The second-order valence-electron chi connectivity index (χ2n) is 5.05. The van der Waals surface area contributed by atoms with Gasteiger partial charge in [0.05, 0.1) is 33.0 Å². The minimum Gasteiger partial charge on any atom is -0.494 e. The van der Waals surface area contributed by atoms with Crippen molar-refractivity contribution in [1.82, 2.24) is 0 Å². The number of carbonyl (C=O) groups is 1. The predicted molar refractivity (Wildman–Crippen MR) is 96.3 cm³/mol. The molecule has 0 bridgehead atoms. The summed E-state index contributed by atoms with van der Waals surface area (Å²) in [6, 6.07) is 10.3. The topological polar surface area (TPSA) is 66.0 Å². The van der Waals surface area contributed by atoms with Gasteiger partial charge in [-0.2, -0.15) is 0 Å². The van der Waals surface area contributed by atoms with Crippen molar-refractivity contribution in [2.24, 2.45) is 0 Å². The molecule has 0 aliphatic carbocycles. The van der Waals surface area contributed by atoms with Crippen molar-refractivity contribution in [1.29, 1.82) is 0 Å². The molecule has 0 aromatic heterocycles. The molecular weight excluding hydrogens is 322 g/mol. The van der Waals surface area contributed by atoms with Gasteiger partial charge in [0.1, 0.15) is 11.5 Å². The van der Waals surface area contributed by atoms with Crippen LogP contribution in [0.25, 0.3) is 0 Å². The van der Waals surface area contributed by atoms with Crippen LogP contribution in [0, 0.1) is 0 Å². The van der Waals surface area contributed by atoms with Crippen LogP contribution in [0.3, 0.4) is 0 Å². The van der Waals surface area contributed by atoms with Crippen LogP contribution in [-0.4, -0.2) is 33.3 Å². The molecule has 134 valence electrons. The Kier molecular flexibility index (Phi) is 6.51. The fourth-order valence-corrected chi connectivity index (χ4v) is 2.33. The summed E-state index contributed by atoms with van der Waals surface area (Å²) in [5.41, 5.74) is 1.03. The molecule has 6 nitrogen and oxygen atoms in total. The Hall–Kier alpha value is -2.89. The molecule has 6 heteroatoms. The molecular formula is C19H23NO5. The van der Waals surface area contributed by atoms with E-state index in [-0.39, 0.29) is 5.91 Å². The third-order valence-corrected chi connectivity index (χ3v) is 3.45. The van der Waals surface area contributed by atoms with Gasteiger partial charge in [-0.3, -0.25) is 4.79 Å². The van der Waals surface area contributed by atoms with Crippen LogP contribution >= 0.6 is 0 Å². The predicted octanol–water partition coefficient (Wildman–Crippen LogP) is 3.75. The largest absolute Gasteiger partial charge is 0.494 e. The van der Waals surface area contributed by atoms with Crippen LogP contribution in [0.4, 0.5) is 5.69 Å². The van der Waals surface area contributed by atoms with E-state index in [2.05, 4.69) is 5.32 Å². The number of hydrogen-bond acceptors (Lipinski definition) is 5. The highest BCUT2D eigenvalue weighted by Crippen LogP contribution is 2.31. The molecule has 0 saturated heterocycles. The third-order valence-electron chi connectivity index (χ3n) is 3.45. The number of rotatable bonds is 8. The lowest BCUT2D eigenvalue weighted by Gasteiger charge is -2.14. The van der Waals surface area contributed by atoms with Gasteiger partial charge >= 0.3 is 0 Å². The van der Waals surface area contributed by atoms with Gasteiger partial charge in [-0.1, -0.05) is 0 Å². The summed E-state index contributed by atoms with van der Waals surface area (Å²) in [5, 5.41) is 2.84. The zero-order chi connectivity index (χ0) is 18.2. The number of nitrogens with one attached hydrogen (secondary N) is 1. The van der Waals surface area contributed by atoms with Crippen molar-refractivity contribution in [3.63, 3.8) is 0 Å². The Balaban J connectivity index is 2.25. The maximum Gasteiger partial charge on any atom is 0.259 e. The molecule has 0 fully saturated rings. The van der Waals surface area contributed by atoms with E-state index in [0.29, 0.717) is 47.5 Å². The molecule has 2 aromatic carbocycles. The molecule has 0 unspecified atom stereocenters. The Bertz CT molecular complexity index is 730. The molecule has 2 rings (SSSR count). The Morgan fingerprint density at radius 2 is 1.60 bits per heavy atom. The molecule has 0 saturated carbocycles. The van der Waals surface area contributed by atoms with E-state index in [0.717, 1.165) is 0 Å². The summed E-state index contributed by atoms with van der Waals surface area (Å²) in [4.78, 5) is 12.6. The number of amides is 1. The fraction of sp³-hybridized carbons (Fsp3) is 0.316. The highest BCUT2D eigenvalue weighted by Gasteiger charge is 2.15. The Morgan fingerprint density at radius 1 is 0.880 bits per heavy atom. The highest BCUT2D eigenvalue weighted by atomic mass is 16.5. The van der Waals surface area contributed by atoms with Crippen molar-refractivity contribution < 1.29 is 23.7 Å². The van der Waals surface area contributed by atoms with Crippen LogP contribution in [0.15, 0.2) is 36.4 Å². The quantitative estimate of drug-likeness (QED) is 0.789. The van der Waals surface area contributed by atoms with Crippen molar-refractivity contribution in [2.45, 2.75) is 13.8 Å². The fourth-order valence-electron chi connectivity index (χ4n) is 2.33. The van der Waals surface area contributed by atoms with Crippen molar-refractivity contribution >= 4 is 11.6 Å². The normalized spacial score (nSPS) is 10.1. The first kappa shape index (κ1) is 18.4. The van der Waals surface area contributed by atoms with E-state index < -0.39 is 0 Å². The number of carbonyl (C=O) groups excluding carboxylic acids is 1. The van der Waals surface area contributed by atoms with Crippen LogP contribution in [0.1, 0.15) is 24.2 Å². The van der Waals surface area contributed by atoms with Gasteiger partial charge in [-0.05, 0) is 38.1 Å². The second kappa shape index (κ2) is 8.82. The standard InChI is InChI=1S/C19H23NO5/c1-5-24-14-8-9-15(17(12-14)25-6-2)19(21)20-13-7-10-16(22-3)18(11-13)23-4/h7-12H,5-6H2,1-4H3,(H,20,21). The van der Waals surface area contributed by atoms with Crippen LogP contribution in [-0.2, 0) is 0 Å². The summed E-state index contributed by atoms with van der Waals surface area (Å²) in [5.74, 6) is 1.99. The van der Waals surface area contributed by atoms with Crippen molar-refractivity contribution in [3.05, 3.63) is 42.0 Å². The minimum absolute atomic E-state index is 0.279. The second-order valence-corrected chi connectivity index (χ2v) is 5.05. The molecule has 0 aliphatic heterocycles. The summed E-state index contributed by atoms with van der Waals surface area (Å²) < 4.78 is 21.5. The lowest BCUT2D eigenvalue weighted by molar-refractivity contribution is 0.102. The van der Waals surface area contributed by atoms with Gasteiger partial charge < -0.3 is 24.3 Å².